The third-order valence-corrected chi connectivity index (χ3v) is 4.76. The normalized spacial score (nSPS) is 10.2. The molecule has 142 valence electrons. The van der Waals surface area contributed by atoms with Gasteiger partial charge in [-0.3, -0.25) is 4.79 Å². The van der Waals surface area contributed by atoms with E-state index in [1.165, 1.54) is 88.7 Å². The van der Waals surface area contributed by atoms with Crippen molar-refractivity contribution in [2.75, 3.05) is 5.32 Å². The molecule has 1 aromatic rings. The van der Waals surface area contributed by atoms with Crippen LogP contribution in [0.2, 0.25) is 0 Å². The van der Waals surface area contributed by atoms with Gasteiger partial charge in [0.25, 0.3) is 0 Å². The maximum atomic E-state index is 11.5. The fourth-order valence-corrected chi connectivity index (χ4v) is 3.20. The van der Waals surface area contributed by atoms with Crippen molar-refractivity contribution in [3.05, 3.63) is 42.5 Å². The Balaban J connectivity index is 0.00000625. The van der Waals surface area contributed by atoms with Gasteiger partial charge >= 0.3 is 29.6 Å². The molecule has 3 heteroatoms. The second kappa shape index (κ2) is 17.8. The number of unbranched alkanes of at least 4 members (excludes halogenated alkanes) is 11. The number of benzene rings is 1. The van der Waals surface area contributed by atoms with Gasteiger partial charge in [-0.05, 0) is 30.5 Å². The van der Waals surface area contributed by atoms with Crippen molar-refractivity contribution in [1.29, 1.82) is 0 Å². The molecule has 0 atom stereocenters. The van der Waals surface area contributed by atoms with E-state index >= 15 is 0 Å². The van der Waals surface area contributed by atoms with E-state index < -0.39 is 0 Å². The zero-order valence-corrected chi connectivity index (χ0v) is 16.2. The minimum absolute atomic E-state index is 0. The molecule has 26 heavy (non-hydrogen) atoms. The summed E-state index contributed by atoms with van der Waals surface area (Å²) < 4.78 is 0. The van der Waals surface area contributed by atoms with Crippen molar-refractivity contribution in [2.45, 2.75) is 90.4 Å². The topological polar surface area (TPSA) is 29.1 Å². The predicted molar refractivity (Wildman–Crippen MR) is 117 cm³/mol. The van der Waals surface area contributed by atoms with E-state index in [1.807, 2.05) is 18.2 Å². The van der Waals surface area contributed by atoms with Crippen LogP contribution in [-0.2, 0) is 11.2 Å². The number of para-hydroxylation sites is 1. The molecule has 0 aromatic heterocycles. The van der Waals surface area contributed by atoms with Crippen LogP contribution in [0.3, 0.4) is 0 Å². The molecule has 0 bridgehead atoms. The van der Waals surface area contributed by atoms with Crippen LogP contribution in [0, 0.1) is 0 Å². The van der Waals surface area contributed by atoms with E-state index in [4.69, 9.17) is 0 Å². The minimum atomic E-state index is -0.137. The Morgan fingerprint density at radius 1 is 0.885 bits per heavy atom. The van der Waals surface area contributed by atoms with Gasteiger partial charge in [0.15, 0.2) is 0 Å². The van der Waals surface area contributed by atoms with Gasteiger partial charge in [-0.2, -0.15) is 0 Å². The quantitative estimate of drug-likeness (QED) is 0.217. The third kappa shape index (κ3) is 12.7. The van der Waals surface area contributed by atoms with Crippen LogP contribution in [0.15, 0.2) is 36.9 Å². The van der Waals surface area contributed by atoms with Crippen molar-refractivity contribution in [3.8, 4) is 0 Å². The summed E-state index contributed by atoms with van der Waals surface area (Å²) in [5.74, 6) is -0.137. The van der Waals surface area contributed by atoms with E-state index in [9.17, 15) is 4.79 Å². The summed E-state index contributed by atoms with van der Waals surface area (Å²) in [7, 11) is 0. The standard InChI is InChI=1S/C23H37NO.Na.H/c1-3-5-6-7-8-9-10-11-12-13-14-15-18-21-19-16-17-20-22(21)24-23(25)4-2;;/h4,16-17,19-20H,2-3,5-15,18H2,1H3,(H,24,25);;. The van der Waals surface area contributed by atoms with Crippen LogP contribution >= 0.6 is 0 Å². The van der Waals surface area contributed by atoms with Gasteiger partial charge in [-0.1, -0.05) is 102 Å². The molecule has 0 radical (unpaired) electrons. The predicted octanol–water partition coefficient (Wildman–Crippen LogP) is 6.41. The van der Waals surface area contributed by atoms with Crippen molar-refractivity contribution in [3.63, 3.8) is 0 Å². The van der Waals surface area contributed by atoms with Crippen LogP contribution in [-0.4, -0.2) is 35.5 Å². The van der Waals surface area contributed by atoms with E-state index in [0.717, 1.165) is 12.1 Å². The molecule has 1 aromatic carbocycles. The summed E-state index contributed by atoms with van der Waals surface area (Å²) in [5, 5.41) is 2.90. The summed E-state index contributed by atoms with van der Waals surface area (Å²) in [6, 6.07) is 8.08. The molecule has 0 aliphatic heterocycles. The number of amides is 1. The van der Waals surface area contributed by atoms with E-state index in [0.29, 0.717) is 0 Å². The number of hydrogen-bond acceptors (Lipinski definition) is 1. The number of hydrogen-bond donors (Lipinski definition) is 1. The van der Waals surface area contributed by atoms with Crippen LogP contribution in [0.4, 0.5) is 5.69 Å². The number of carbonyl (C=O) groups is 1. The third-order valence-electron chi connectivity index (χ3n) is 4.76. The van der Waals surface area contributed by atoms with Crippen LogP contribution in [0.25, 0.3) is 0 Å². The molecule has 1 amide bonds. The van der Waals surface area contributed by atoms with Crippen molar-refractivity contribution in [2.24, 2.45) is 0 Å². The average Bonchev–Trinajstić information content (AvgIpc) is 2.63. The summed E-state index contributed by atoms with van der Waals surface area (Å²) in [6.07, 6.45) is 18.7. The Morgan fingerprint density at radius 3 is 1.92 bits per heavy atom. The summed E-state index contributed by atoms with van der Waals surface area (Å²) in [6.45, 7) is 5.78. The molecule has 0 spiro atoms. The van der Waals surface area contributed by atoms with Crippen LogP contribution in [0.1, 0.15) is 89.5 Å². The Morgan fingerprint density at radius 2 is 1.38 bits per heavy atom. The van der Waals surface area contributed by atoms with Gasteiger partial charge in [0.1, 0.15) is 0 Å². The number of rotatable bonds is 15. The molecule has 0 fully saturated rings. The van der Waals surface area contributed by atoms with Crippen molar-refractivity contribution < 1.29 is 4.79 Å². The van der Waals surface area contributed by atoms with Gasteiger partial charge in [0.2, 0.25) is 5.91 Å². The summed E-state index contributed by atoms with van der Waals surface area (Å²) >= 11 is 0. The van der Waals surface area contributed by atoms with Gasteiger partial charge in [0, 0.05) is 5.69 Å². The summed E-state index contributed by atoms with van der Waals surface area (Å²) in [5.41, 5.74) is 2.15. The molecule has 0 saturated heterocycles. The first-order valence-corrected chi connectivity index (χ1v) is 10.3. The molecular weight excluding hydrogens is 329 g/mol. The monoisotopic (exact) mass is 367 g/mol. The molecular formula is C23H38NNaO. The Kier molecular flexibility index (Phi) is 17.4. The number of anilines is 1. The number of nitrogens with one attached hydrogen (secondary N) is 1. The zero-order valence-electron chi connectivity index (χ0n) is 16.2. The second-order valence-corrected chi connectivity index (χ2v) is 6.99. The van der Waals surface area contributed by atoms with Crippen molar-refractivity contribution >= 4 is 41.2 Å². The fourth-order valence-electron chi connectivity index (χ4n) is 3.20. The molecule has 0 saturated carbocycles. The number of carbonyl (C=O) groups excluding carboxylic acids is 1. The van der Waals surface area contributed by atoms with Gasteiger partial charge in [-0.15, -0.1) is 0 Å². The average molecular weight is 368 g/mol. The van der Waals surface area contributed by atoms with Crippen LogP contribution in [0.5, 0.6) is 0 Å². The molecule has 2 nitrogen and oxygen atoms in total. The first-order valence-electron chi connectivity index (χ1n) is 10.3. The molecule has 1 N–H and O–H groups in total. The van der Waals surface area contributed by atoms with E-state index in [2.05, 4.69) is 24.9 Å². The van der Waals surface area contributed by atoms with Crippen molar-refractivity contribution in [1.82, 2.24) is 0 Å². The molecule has 0 aliphatic carbocycles. The maximum absolute atomic E-state index is 11.5. The SMILES string of the molecule is C=CC(=O)Nc1ccccc1CCCCCCCCCCCCCC.[NaH]. The molecule has 1 rings (SSSR count). The molecule has 0 unspecified atom stereocenters. The Hall–Kier alpha value is -0.570. The second-order valence-electron chi connectivity index (χ2n) is 6.99. The number of aryl methyl sites for hydroxylation is 1. The summed E-state index contributed by atoms with van der Waals surface area (Å²) in [4.78, 5) is 11.5. The Labute approximate surface area is 183 Å². The first kappa shape index (κ1) is 25.4. The molecule has 0 aliphatic rings. The van der Waals surface area contributed by atoms with Gasteiger partial charge < -0.3 is 5.32 Å². The van der Waals surface area contributed by atoms with E-state index in [-0.39, 0.29) is 35.5 Å². The van der Waals surface area contributed by atoms with Gasteiger partial charge in [-0.25, -0.2) is 0 Å². The Bertz CT molecular complexity index is 487. The fraction of sp³-hybridized carbons (Fsp3) is 0.609. The van der Waals surface area contributed by atoms with E-state index in [1.54, 1.807) is 0 Å². The van der Waals surface area contributed by atoms with Crippen LogP contribution < -0.4 is 5.32 Å². The first-order chi connectivity index (χ1) is 12.3. The van der Waals surface area contributed by atoms with Gasteiger partial charge in [0.05, 0.1) is 0 Å². The molecule has 0 heterocycles. The zero-order chi connectivity index (χ0) is 18.2.